The highest BCUT2D eigenvalue weighted by atomic mass is 35.5. The molecular formula is C20H18ClN3O2. The molecule has 0 saturated carbocycles. The summed E-state index contributed by atoms with van der Waals surface area (Å²) in [5, 5.41) is 3.42. The van der Waals surface area contributed by atoms with Gasteiger partial charge in [0, 0.05) is 28.9 Å². The summed E-state index contributed by atoms with van der Waals surface area (Å²) >= 11 is 5.86. The molecule has 0 aliphatic carbocycles. The summed E-state index contributed by atoms with van der Waals surface area (Å²) in [6.45, 7) is 2.43. The van der Waals surface area contributed by atoms with Crippen molar-refractivity contribution in [2.45, 2.75) is 19.9 Å². The van der Waals surface area contributed by atoms with Crippen LogP contribution in [0.4, 0.5) is 0 Å². The van der Waals surface area contributed by atoms with E-state index >= 15 is 0 Å². The molecule has 0 spiro atoms. The minimum Gasteiger partial charge on any atom is -0.352 e. The van der Waals surface area contributed by atoms with Gasteiger partial charge < -0.3 is 10.3 Å². The smallest absolute Gasteiger partial charge is 0.254 e. The lowest BCUT2D eigenvalue weighted by Crippen LogP contribution is -2.27. The summed E-state index contributed by atoms with van der Waals surface area (Å²) in [5.41, 5.74) is 2.92. The third kappa shape index (κ3) is 4.58. The number of hydrogen-bond donors (Lipinski definition) is 2. The molecule has 2 N–H and O–H groups in total. The molecule has 6 heteroatoms. The van der Waals surface area contributed by atoms with Gasteiger partial charge in [-0.15, -0.1) is 0 Å². The molecule has 0 unspecified atom stereocenters. The Kier molecular flexibility index (Phi) is 5.49. The van der Waals surface area contributed by atoms with Crippen molar-refractivity contribution in [3.63, 3.8) is 0 Å². The summed E-state index contributed by atoms with van der Waals surface area (Å²) in [5.74, 6) is 0.215. The van der Waals surface area contributed by atoms with Gasteiger partial charge >= 0.3 is 0 Å². The lowest BCUT2D eigenvalue weighted by atomic mass is 10.1. The standard InChI is InChI=1S/C20H18ClN3O2/c1-13-2-4-14(5-3-13)11-22-18(25)10-16-12-23-19(24-20(16)26)15-6-8-17(21)9-7-15/h2-9,12H,10-11H2,1H3,(H,22,25)(H,23,24,26). The van der Waals surface area contributed by atoms with E-state index in [0.29, 0.717) is 23.0 Å². The Bertz CT molecular complexity index is 964. The predicted molar refractivity (Wildman–Crippen MR) is 102 cm³/mol. The third-order valence-electron chi connectivity index (χ3n) is 3.95. The zero-order valence-electron chi connectivity index (χ0n) is 14.3. The average molecular weight is 368 g/mol. The molecule has 5 nitrogen and oxygen atoms in total. The zero-order chi connectivity index (χ0) is 18.5. The van der Waals surface area contributed by atoms with Gasteiger partial charge in [-0.3, -0.25) is 9.59 Å². The van der Waals surface area contributed by atoms with Crippen LogP contribution in [0.2, 0.25) is 5.02 Å². The number of aromatic amines is 1. The van der Waals surface area contributed by atoms with E-state index < -0.39 is 0 Å². The molecule has 1 heterocycles. The van der Waals surface area contributed by atoms with Gasteiger partial charge in [0.15, 0.2) is 0 Å². The fourth-order valence-corrected chi connectivity index (χ4v) is 2.57. The SMILES string of the molecule is Cc1ccc(CNC(=O)Cc2cnc(-c3ccc(Cl)cc3)[nH]c2=O)cc1. The molecule has 3 aromatic rings. The lowest BCUT2D eigenvalue weighted by molar-refractivity contribution is -0.120. The van der Waals surface area contributed by atoms with Crippen molar-refractivity contribution in [2.75, 3.05) is 0 Å². The monoisotopic (exact) mass is 367 g/mol. The number of aromatic nitrogens is 2. The van der Waals surface area contributed by atoms with E-state index in [1.54, 1.807) is 24.3 Å². The van der Waals surface area contributed by atoms with Crippen LogP contribution in [-0.2, 0) is 17.8 Å². The largest absolute Gasteiger partial charge is 0.352 e. The summed E-state index contributed by atoms with van der Waals surface area (Å²) in [7, 11) is 0. The van der Waals surface area contributed by atoms with Crippen molar-refractivity contribution >= 4 is 17.5 Å². The lowest BCUT2D eigenvalue weighted by Gasteiger charge is -2.06. The van der Waals surface area contributed by atoms with Crippen molar-refractivity contribution in [3.8, 4) is 11.4 Å². The maximum Gasteiger partial charge on any atom is 0.254 e. The molecule has 0 aliphatic heterocycles. The fourth-order valence-electron chi connectivity index (χ4n) is 2.44. The van der Waals surface area contributed by atoms with Gasteiger partial charge in [0.05, 0.1) is 6.42 Å². The molecule has 1 aromatic heterocycles. The van der Waals surface area contributed by atoms with E-state index in [1.165, 1.54) is 11.8 Å². The number of amides is 1. The topological polar surface area (TPSA) is 74.8 Å². The first kappa shape index (κ1) is 17.9. The van der Waals surface area contributed by atoms with E-state index in [2.05, 4.69) is 15.3 Å². The number of H-pyrrole nitrogens is 1. The number of carbonyl (C=O) groups excluding carboxylic acids is 1. The summed E-state index contributed by atoms with van der Waals surface area (Å²) < 4.78 is 0. The number of benzene rings is 2. The predicted octanol–water partition coefficient (Wildman–Crippen LogP) is 3.26. The third-order valence-corrected chi connectivity index (χ3v) is 4.20. The Balaban J connectivity index is 1.64. The zero-order valence-corrected chi connectivity index (χ0v) is 15.0. The highest BCUT2D eigenvalue weighted by Crippen LogP contribution is 2.16. The first-order chi connectivity index (χ1) is 12.5. The molecule has 0 saturated heterocycles. The second-order valence-corrected chi connectivity index (χ2v) is 6.47. The van der Waals surface area contributed by atoms with E-state index in [9.17, 15) is 9.59 Å². The first-order valence-corrected chi connectivity index (χ1v) is 8.55. The highest BCUT2D eigenvalue weighted by Gasteiger charge is 2.09. The van der Waals surface area contributed by atoms with E-state index in [1.807, 2.05) is 31.2 Å². The second-order valence-electron chi connectivity index (χ2n) is 6.03. The van der Waals surface area contributed by atoms with E-state index in [-0.39, 0.29) is 17.9 Å². The van der Waals surface area contributed by atoms with Crippen LogP contribution in [0.25, 0.3) is 11.4 Å². The van der Waals surface area contributed by atoms with Crippen LogP contribution in [0.3, 0.4) is 0 Å². The first-order valence-electron chi connectivity index (χ1n) is 8.17. The molecule has 0 fully saturated rings. The average Bonchev–Trinajstić information content (AvgIpc) is 2.63. The van der Waals surface area contributed by atoms with Crippen LogP contribution < -0.4 is 10.9 Å². The van der Waals surface area contributed by atoms with Crippen molar-refractivity contribution in [1.82, 2.24) is 15.3 Å². The number of halogens is 1. The van der Waals surface area contributed by atoms with Crippen molar-refractivity contribution < 1.29 is 4.79 Å². The van der Waals surface area contributed by atoms with Crippen LogP contribution in [0.15, 0.2) is 59.5 Å². The summed E-state index contributed by atoms with van der Waals surface area (Å²) in [6.07, 6.45) is 1.42. The van der Waals surface area contributed by atoms with Gasteiger partial charge in [-0.1, -0.05) is 41.4 Å². The van der Waals surface area contributed by atoms with Crippen LogP contribution in [-0.4, -0.2) is 15.9 Å². The molecule has 26 heavy (non-hydrogen) atoms. The van der Waals surface area contributed by atoms with Gasteiger partial charge in [0.2, 0.25) is 5.91 Å². The fraction of sp³-hybridized carbons (Fsp3) is 0.150. The summed E-state index contributed by atoms with van der Waals surface area (Å²) in [6, 6.07) is 14.9. The molecule has 0 bridgehead atoms. The number of rotatable bonds is 5. The van der Waals surface area contributed by atoms with Gasteiger partial charge in [-0.05, 0) is 36.8 Å². The minimum absolute atomic E-state index is 0.0188. The number of nitrogens with one attached hydrogen (secondary N) is 2. The minimum atomic E-state index is -0.324. The van der Waals surface area contributed by atoms with Crippen molar-refractivity contribution in [2.24, 2.45) is 0 Å². The van der Waals surface area contributed by atoms with Crippen LogP contribution in [0, 0.1) is 6.92 Å². The molecule has 0 atom stereocenters. The number of nitrogens with zero attached hydrogens (tertiary/aromatic N) is 1. The Hall–Kier alpha value is -2.92. The molecule has 0 aliphatic rings. The Morgan fingerprint density at radius 1 is 1.12 bits per heavy atom. The Morgan fingerprint density at radius 2 is 1.81 bits per heavy atom. The van der Waals surface area contributed by atoms with Gasteiger partial charge in [0.1, 0.15) is 5.82 Å². The molecular weight excluding hydrogens is 350 g/mol. The van der Waals surface area contributed by atoms with E-state index in [0.717, 1.165) is 11.1 Å². The van der Waals surface area contributed by atoms with Gasteiger partial charge in [-0.25, -0.2) is 4.98 Å². The number of carbonyl (C=O) groups is 1. The Labute approximate surface area is 156 Å². The van der Waals surface area contributed by atoms with Crippen LogP contribution in [0.1, 0.15) is 16.7 Å². The normalized spacial score (nSPS) is 10.5. The van der Waals surface area contributed by atoms with Gasteiger partial charge in [0.25, 0.3) is 5.56 Å². The quantitative estimate of drug-likeness (QED) is 0.726. The van der Waals surface area contributed by atoms with Crippen molar-refractivity contribution in [1.29, 1.82) is 0 Å². The van der Waals surface area contributed by atoms with E-state index in [4.69, 9.17) is 11.6 Å². The maximum absolute atomic E-state index is 12.2. The maximum atomic E-state index is 12.2. The number of aryl methyl sites for hydroxylation is 1. The van der Waals surface area contributed by atoms with Crippen LogP contribution in [0.5, 0.6) is 0 Å². The molecule has 2 aromatic carbocycles. The van der Waals surface area contributed by atoms with Crippen molar-refractivity contribution in [3.05, 3.63) is 86.8 Å². The highest BCUT2D eigenvalue weighted by molar-refractivity contribution is 6.30. The van der Waals surface area contributed by atoms with Gasteiger partial charge in [-0.2, -0.15) is 0 Å². The number of hydrogen-bond acceptors (Lipinski definition) is 3. The molecule has 3 rings (SSSR count). The summed E-state index contributed by atoms with van der Waals surface area (Å²) in [4.78, 5) is 31.3. The molecule has 132 valence electrons. The van der Waals surface area contributed by atoms with Crippen LogP contribution >= 0.6 is 11.6 Å². The second kappa shape index (κ2) is 7.97. The molecule has 0 radical (unpaired) electrons. The molecule has 1 amide bonds. The Morgan fingerprint density at radius 3 is 2.46 bits per heavy atom.